The van der Waals surface area contributed by atoms with Crippen LogP contribution in [0, 0.1) is 5.82 Å². The van der Waals surface area contributed by atoms with Crippen LogP contribution in [0.5, 0.6) is 0 Å². The van der Waals surface area contributed by atoms with E-state index in [1.54, 1.807) is 6.07 Å². The number of nitrogens with one attached hydrogen (secondary N) is 2. The van der Waals surface area contributed by atoms with Gasteiger partial charge in [-0.2, -0.15) is 0 Å². The van der Waals surface area contributed by atoms with Gasteiger partial charge in [-0.15, -0.1) is 0 Å². The minimum atomic E-state index is -0.424. The zero-order valence-corrected chi connectivity index (χ0v) is 12.9. The summed E-state index contributed by atoms with van der Waals surface area (Å²) in [5.74, 6) is -0.728. The quantitative estimate of drug-likeness (QED) is 0.679. The summed E-state index contributed by atoms with van der Waals surface area (Å²) < 4.78 is 19.1. The number of carbonyl (C=O) groups excluding carboxylic acids is 1. The Bertz CT molecular complexity index is 453. The fourth-order valence-corrected chi connectivity index (χ4v) is 1.75. The third-order valence-electron chi connectivity index (χ3n) is 2.83. The molecule has 0 aliphatic carbocycles. The molecule has 0 aromatic heterocycles. The van der Waals surface area contributed by atoms with Gasteiger partial charge in [0.1, 0.15) is 5.82 Å². The van der Waals surface area contributed by atoms with Gasteiger partial charge in [-0.3, -0.25) is 4.79 Å². The number of benzene rings is 1. The monoisotopic (exact) mass is 297 g/mol. The van der Waals surface area contributed by atoms with Gasteiger partial charge in [0.2, 0.25) is 0 Å². The maximum absolute atomic E-state index is 13.7. The van der Waals surface area contributed by atoms with E-state index in [9.17, 15) is 9.18 Å². The first-order chi connectivity index (χ1) is 10.1. The zero-order chi connectivity index (χ0) is 15.7. The zero-order valence-electron chi connectivity index (χ0n) is 12.9. The van der Waals surface area contributed by atoms with Gasteiger partial charge < -0.3 is 20.3 Å². The lowest BCUT2D eigenvalue weighted by Crippen LogP contribution is -2.29. The Kier molecular flexibility index (Phi) is 7.71. The highest BCUT2D eigenvalue weighted by Gasteiger charge is 2.13. The van der Waals surface area contributed by atoms with Crippen molar-refractivity contribution in [2.24, 2.45) is 0 Å². The van der Waals surface area contributed by atoms with E-state index in [-0.39, 0.29) is 11.6 Å². The van der Waals surface area contributed by atoms with Crippen LogP contribution in [0.2, 0.25) is 0 Å². The van der Waals surface area contributed by atoms with Crippen LogP contribution in [-0.2, 0) is 4.74 Å². The summed E-state index contributed by atoms with van der Waals surface area (Å²) in [5.41, 5.74) is 0.552. The molecular weight excluding hydrogens is 273 g/mol. The smallest absolute Gasteiger partial charge is 0.253 e. The lowest BCUT2D eigenvalue weighted by atomic mass is 10.1. The van der Waals surface area contributed by atoms with Crippen LogP contribution in [0.1, 0.15) is 17.3 Å². The van der Waals surface area contributed by atoms with Crippen LogP contribution in [0.3, 0.4) is 0 Å². The molecule has 0 aliphatic heterocycles. The molecule has 0 aliphatic rings. The van der Waals surface area contributed by atoms with Crippen molar-refractivity contribution in [3.63, 3.8) is 0 Å². The Balaban J connectivity index is 2.43. The molecule has 0 heterocycles. The number of nitrogens with zero attached hydrogens (tertiary/aromatic N) is 1. The number of halogens is 1. The van der Waals surface area contributed by atoms with Gasteiger partial charge in [-0.1, -0.05) is 6.07 Å². The predicted molar refractivity (Wildman–Crippen MR) is 82.3 cm³/mol. The highest BCUT2D eigenvalue weighted by Crippen LogP contribution is 2.19. The van der Waals surface area contributed by atoms with Gasteiger partial charge in [-0.05, 0) is 33.2 Å². The second-order valence-electron chi connectivity index (χ2n) is 4.86. The molecule has 5 nitrogen and oxygen atoms in total. The molecule has 0 fully saturated rings. The molecule has 21 heavy (non-hydrogen) atoms. The second kappa shape index (κ2) is 9.31. The average Bonchev–Trinajstić information content (AvgIpc) is 2.44. The van der Waals surface area contributed by atoms with Gasteiger partial charge in [0.05, 0.1) is 24.5 Å². The van der Waals surface area contributed by atoms with Crippen LogP contribution < -0.4 is 10.6 Å². The summed E-state index contributed by atoms with van der Waals surface area (Å²) in [6.45, 7) is 4.69. The first kappa shape index (κ1) is 17.4. The Morgan fingerprint density at radius 2 is 2.10 bits per heavy atom. The third-order valence-corrected chi connectivity index (χ3v) is 2.83. The Morgan fingerprint density at radius 1 is 1.33 bits per heavy atom. The number of carbonyl (C=O) groups is 1. The van der Waals surface area contributed by atoms with Crippen LogP contribution in [-0.4, -0.2) is 57.8 Å². The summed E-state index contributed by atoms with van der Waals surface area (Å²) in [5, 5.41) is 5.60. The minimum Gasteiger partial charge on any atom is -0.382 e. The first-order valence-corrected chi connectivity index (χ1v) is 7.09. The number of amides is 1. The molecule has 1 amide bonds. The van der Waals surface area contributed by atoms with Crippen molar-refractivity contribution in [1.82, 2.24) is 10.2 Å². The Morgan fingerprint density at radius 3 is 2.76 bits per heavy atom. The van der Waals surface area contributed by atoms with Crippen LogP contribution in [0.25, 0.3) is 0 Å². The highest BCUT2D eigenvalue weighted by atomic mass is 19.1. The normalized spacial score (nSPS) is 10.7. The summed E-state index contributed by atoms with van der Waals surface area (Å²) in [6.07, 6.45) is 0. The number of rotatable bonds is 9. The molecule has 1 rings (SSSR count). The summed E-state index contributed by atoms with van der Waals surface area (Å²) in [6, 6.07) is 4.46. The Hall–Kier alpha value is -1.66. The third kappa shape index (κ3) is 6.10. The molecule has 1 aromatic carbocycles. The van der Waals surface area contributed by atoms with Gasteiger partial charge in [-0.25, -0.2) is 4.39 Å². The molecule has 0 bridgehead atoms. The van der Waals surface area contributed by atoms with E-state index in [4.69, 9.17) is 4.74 Å². The number of hydrogen-bond donors (Lipinski definition) is 2. The van der Waals surface area contributed by atoms with E-state index in [0.29, 0.717) is 31.9 Å². The highest BCUT2D eigenvalue weighted by molar-refractivity contribution is 5.99. The van der Waals surface area contributed by atoms with Gasteiger partial charge >= 0.3 is 0 Å². The summed E-state index contributed by atoms with van der Waals surface area (Å²) in [4.78, 5) is 14.1. The van der Waals surface area contributed by atoms with Crippen molar-refractivity contribution in [2.75, 3.05) is 52.3 Å². The number of anilines is 1. The number of para-hydroxylation sites is 1. The number of ether oxygens (including phenoxy) is 1. The first-order valence-electron chi connectivity index (χ1n) is 7.09. The molecule has 0 saturated carbocycles. The van der Waals surface area contributed by atoms with Gasteiger partial charge in [0, 0.05) is 19.6 Å². The lowest BCUT2D eigenvalue weighted by molar-refractivity contribution is 0.0900. The SMILES string of the molecule is CCNc1c(F)cccc1C(=O)NCCOCCN(C)C. The van der Waals surface area contributed by atoms with Crippen LogP contribution >= 0.6 is 0 Å². The van der Waals surface area contributed by atoms with Gasteiger partial charge in [0.15, 0.2) is 0 Å². The maximum atomic E-state index is 13.7. The van der Waals surface area contributed by atoms with Crippen molar-refractivity contribution in [1.29, 1.82) is 0 Å². The van der Waals surface area contributed by atoms with E-state index in [1.165, 1.54) is 12.1 Å². The largest absolute Gasteiger partial charge is 0.382 e. The van der Waals surface area contributed by atoms with Crippen molar-refractivity contribution in [2.45, 2.75) is 6.92 Å². The molecule has 0 atom stereocenters. The standard InChI is InChI=1S/C15H24FN3O2/c1-4-17-14-12(6-5-7-13(14)16)15(20)18-8-10-21-11-9-19(2)3/h5-7,17H,4,8-11H2,1-3H3,(H,18,20). The van der Waals surface area contributed by atoms with Crippen LogP contribution in [0.4, 0.5) is 10.1 Å². The maximum Gasteiger partial charge on any atom is 0.253 e. The van der Waals surface area contributed by atoms with E-state index in [0.717, 1.165) is 6.54 Å². The fourth-order valence-electron chi connectivity index (χ4n) is 1.75. The molecule has 1 aromatic rings. The molecule has 0 unspecified atom stereocenters. The topological polar surface area (TPSA) is 53.6 Å². The number of hydrogen-bond acceptors (Lipinski definition) is 4. The average molecular weight is 297 g/mol. The second-order valence-corrected chi connectivity index (χ2v) is 4.86. The molecule has 0 radical (unpaired) electrons. The molecule has 118 valence electrons. The van der Waals surface area contributed by atoms with Crippen molar-refractivity contribution < 1.29 is 13.9 Å². The van der Waals surface area contributed by atoms with E-state index >= 15 is 0 Å². The van der Waals surface area contributed by atoms with Crippen molar-refractivity contribution in [3.05, 3.63) is 29.6 Å². The summed E-state index contributed by atoms with van der Waals surface area (Å²) >= 11 is 0. The van der Waals surface area contributed by atoms with Crippen LogP contribution in [0.15, 0.2) is 18.2 Å². The molecule has 0 spiro atoms. The molecular formula is C15H24FN3O2. The van der Waals surface area contributed by atoms with E-state index in [2.05, 4.69) is 10.6 Å². The molecule has 0 saturated heterocycles. The van der Waals surface area contributed by atoms with E-state index < -0.39 is 5.82 Å². The molecule has 6 heteroatoms. The minimum absolute atomic E-state index is 0.242. The van der Waals surface area contributed by atoms with Gasteiger partial charge in [0.25, 0.3) is 5.91 Å². The fraction of sp³-hybridized carbons (Fsp3) is 0.533. The number of likely N-dealkylation sites (N-methyl/N-ethyl adjacent to an activating group) is 1. The van der Waals surface area contributed by atoms with E-state index in [1.807, 2.05) is 25.9 Å². The Labute approximate surface area is 125 Å². The molecule has 2 N–H and O–H groups in total. The van der Waals surface area contributed by atoms with Crippen molar-refractivity contribution in [3.8, 4) is 0 Å². The van der Waals surface area contributed by atoms with Crippen molar-refractivity contribution >= 4 is 11.6 Å². The summed E-state index contributed by atoms with van der Waals surface area (Å²) in [7, 11) is 3.94. The lowest BCUT2D eigenvalue weighted by Gasteiger charge is -2.13. The predicted octanol–water partition coefficient (Wildman–Crippen LogP) is 1.57.